The lowest BCUT2D eigenvalue weighted by atomic mass is 9.96. The van der Waals surface area contributed by atoms with Crippen LogP contribution in [-0.4, -0.2) is 12.5 Å². The summed E-state index contributed by atoms with van der Waals surface area (Å²) in [6.45, 7) is 6.12. The third-order valence-corrected chi connectivity index (χ3v) is 2.35. The van der Waals surface area contributed by atoms with Crippen molar-refractivity contribution in [1.29, 1.82) is 0 Å². The molecule has 0 radical (unpaired) electrons. The van der Waals surface area contributed by atoms with E-state index in [1.54, 1.807) is 6.08 Å². The molecule has 0 bridgehead atoms. The fourth-order valence-electron chi connectivity index (χ4n) is 1.55. The van der Waals surface area contributed by atoms with Crippen molar-refractivity contribution in [3.63, 3.8) is 0 Å². The maximum Gasteiger partial charge on any atom is 0.227 e. The predicted octanol–water partition coefficient (Wildman–Crippen LogP) is 2.48. The average Bonchev–Trinajstić information content (AvgIpc) is 2.29. The molecule has 0 aromatic heterocycles. The lowest BCUT2D eigenvalue weighted by Crippen LogP contribution is -2.29. The van der Waals surface area contributed by atoms with Crippen LogP contribution >= 0.6 is 0 Å². The maximum absolute atomic E-state index is 11.8. The van der Waals surface area contributed by atoms with E-state index < -0.39 is 0 Å². The van der Waals surface area contributed by atoms with Crippen LogP contribution in [0.5, 0.6) is 0 Å². The van der Waals surface area contributed by atoms with Crippen molar-refractivity contribution in [2.45, 2.75) is 19.3 Å². The smallest absolute Gasteiger partial charge is 0.227 e. The van der Waals surface area contributed by atoms with Gasteiger partial charge in [0.1, 0.15) is 0 Å². The summed E-state index contributed by atoms with van der Waals surface area (Å²) in [6, 6.07) is 9.85. The molecule has 1 aromatic rings. The minimum atomic E-state index is -0.0499. The summed E-state index contributed by atoms with van der Waals surface area (Å²) in [7, 11) is 0. The van der Waals surface area contributed by atoms with Crippen LogP contribution in [0.4, 0.5) is 0 Å². The van der Waals surface area contributed by atoms with Gasteiger partial charge in [-0.15, -0.1) is 6.58 Å². The van der Waals surface area contributed by atoms with Gasteiger partial charge < -0.3 is 5.32 Å². The second kappa shape index (κ2) is 6.02. The van der Waals surface area contributed by atoms with Crippen LogP contribution in [0.2, 0.25) is 0 Å². The summed E-state index contributed by atoms with van der Waals surface area (Å²) < 4.78 is 0. The molecule has 1 N–H and O–H groups in total. The minimum Gasteiger partial charge on any atom is -0.352 e. The Hall–Kier alpha value is -1.57. The Balaban J connectivity index is 2.71. The topological polar surface area (TPSA) is 29.1 Å². The summed E-state index contributed by atoms with van der Waals surface area (Å²) >= 11 is 0. The van der Waals surface area contributed by atoms with Gasteiger partial charge in [-0.25, -0.2) is 0 Å². The molecule has 1 amide bonds. The predicted molar refractivity (Wildman–Crippen MR) is 62.7 cm³/mol. The summed E-state index contributed by atoms with van der Waals surface area (Å²) in [6.07, 6.45) is 2.50. The van der Waals surface area contributed by atoms with Crippen LogP contribution < -0.4 is 5.32 Å². The summed E-state index contributed by atoms with van der Waals surface area (Å²) in [4.78, 5) is 11.8. The first kappa shape index (κ1) is 11.5. The Labute approximate surface area is 91.0 Å². The average molecular weight is 203 g/mol. The van der Waals surface area contributed by atoms with Crippen LogP contribution in [0, 0.1) is 0 Å². The van der Waals surface area contributed by atoms with E-state index in [1.807, 2.05) is 37.3 Å². The van der Waals surface area contributed by atoms with E-state index >= 15 is 0 Å². The number of nitrogens with one attached hydrogen (secondary N) is 1. The number of amides is 1. The molecule has 80 valence electrons. The molecular formula is C13H17NO. The van der Waals surface area contributed by atoms with Crippen molar-refractivity contribution in [1.82, 2.24) is 5.32 Å². The summed E-state index contributed by atoms with van der Waals surface area (Å²) in [5.41, 5.74) is 1.07. The van der Waals surface area contributed by atoms with E-state index in [0.717, 1.165) is 12.0 Å². The lowest BCUT2D eigenvalue weighted by molar-refractivity contribution is -0.122. The Bertz CT molecular complexity index is 319. The van der Waals surface area contributed by atoms with Crippen LogP contribution in [0.1, 0.15) is 24.8 Å². The first-order valence-electron chi connectivity index (χ1n) is 5.23. The third kappa shape index (κ3) is 3.24. The van der Waals surface area contributed by atoms with E-state index in [0.29, 0.717) is 6.54 Å². The fraction of sp³-hybridized carbons (Fsp3) is 0.308. The second-order valence-electron chi connectivity index (χ2n) is 3.41. The summed E-state index contributed by atoms with van der Waals surface area (Å²) in [5, 5.41) is 2.82. The van der Waals surface area contributed by atoms with Crippen LogP contribution in [0.25, 0.3) is 0 Å². The van der Waals surface area contributed by atoms with E-state index in [-0.39, 0.29) is 11.8 Å². The van der Waals surface area contributed by atoms with E-state index in [9.17, 15) is 4.79 Å². The summed E-state index contributed by atoms with van der Waals surface area (Å²) in [5.74, 6) is 0.0229. The maximum atomic E-state index is 11.8. The Morgan fingerprint density at radius 2 is 2.13 bits per heavy atom. The van der Waals surface area contributed by atoms with Crippen molar-refractivity contribution < 1.29 is 4.79 Å². The number of carbonyl (C=O) groups is 1. The zero-order valence-electron chi connectivity index (χ0n) is 9.07. The van der Waals surface area contributed by atoms with Crippen molar-refractivity contribution in [2.24, 2.45) is 0 Å². The van der Waals surface area contributed by atoms with Crippen molar-refractivity contribution in [3.8, 4) is 0 Å². The van der Waals surface area contributed by atoms with Crippen LogP contribution in [0.15, 0.2) is 43.0 Å². The van der Waals surface area contributed by atoms with Crippen LogP contribution in [-0.2, 0) is 4.79 Å². The quantitative estimate of drug-likeness (QED) is 0.732. The van der Waals surface area contributed by atoms with E-state index in [1.165, 1.54) is 0 Å². The highest BCUT2D eigenvalue weighted by Crippen LogP contribution is 2.18. The van der Waals surface area contributed by atoms with Crippen molar-refractivity contribution in [3.05, 3.63) is 48.6 Å². The molecule has 0 unspecified atom stereocenters. The molecule has 0 heterocycles. The molecule has 2 nitrogen and oxygen atoms in total. The molecule has 0 spiro atoms. The van der Waals surface area contributed by atoms with Crippen molar-refractivity contribution in [2.75, 3.05) is 6.54 Å². The third-order valence-electron chi connectivity index (χ3n) is 2.35. The SMILES string of the molecule is C=CCNC(=O)[C@H](CC)c1ccccc1. The molecule has 0 aliphatic rings. The molecule has 2 heteroatoms. The standard InChI is InChI=1S/C13H17NO/c1-3-10-14-13(15)12(4-2)11-8-6-5-7-9-11/h3,5-9,12H,1,4,10H2,2H3,(H,14,15)/t12-/m1/s1. The number of rotatable bonds is 5. The highest BCUT2D eigenvalue weighted by molar-refractivity contribution is 5.83. The number of hydrogen-bond acceptors (Lipinski definition) is 1. The molecule has 0 saturated heterocycles. The fourth-order valence-corrected chi connectivity index (χ4v) is 1.55. The molecule has 15 heavy (non-hydrogen) atoms. The number of carbonyl (C=O) groups excluding carboxylic acids is 1. The van der Waals surface area contributed by atoms with Crippen LogP contribution in [0.3, 0.4) is 0 Å². The van der Waals surface area contributed by atoms with Gasteiger partial charge in [0.2, 0.25) is 5.91 Å². The largest absolute Gasteiger partial charge is 0.352 e. The Morgan fingerprint density at radius 1 is 1.47 bits per heavy atom. The monoisotopic (exact) mass is 203 g/mol. The Kier molecular flexibility index (Phi) is 4.61. The molecule has 1 atom stereocenters. The normalized spacial score (nSPS) is 11.8. The highest BCUT2D eigenvalue weighted by Gasteiger charge is 2.16. The van der Waals surface area contributed by atoms with Gasteiger partial charge in [0.25, 0.3) is 0 Å². The van der Waals surface area contributed by atoms with Gasteiger partial charge in [-0.1, -0.05) is 43.3 Å². The van der Waals surface area contributed by atoms with Gasteiger partial charge in [-0.3, -0.25) is 4.79 Å². The molecule has 0 aliphatic heterocycles. The van der Waals surface area contributed by atoms with Gasteiger partial charge >= 0.3 is 0 Å². The zero-order valence-corrected chi connectivity index (χ0v) is 9.07. The van der Waals surface area contributed by atoms with E-state index in [2.05, 4.69) is 11.9 Å². The van der Waals surface area contributed by atoms with Gasteiger partial charge in [0, 0.05) is 6.54 Å². The van der Waals surface area contributed by atoms with Gasteiger partial charge in [-0.05, 0) is 12.0 Å². The van der Waals surface area contributed by atoms with Crippen molar-refractivity contribution >= 4 is 5.91 Å². The lowest BCUT2D eigenvalue weighted by Gasteiger charge is -2.14. The van der Waals surface area contributed by atoms with E-state index in [4.69, 9.17) is 0 Å². The van der Waals surface area contributed by atoms with Gasteiger partial charge in [-0.2, -0.15) is 0 Å². The first-order valence-corrected chi connectivity index (χ1v) is 5.23. The molecule has 1 aromatic carbocycles. The number of hydrogen-bond donors (Lipinski definition) is 1. The highest BCUT2D eigenvalue weighted by atomic mass is 16.1. The minimum absolute atomic E-state index is 0.0499. The second-order valence-corrected chi connectivity index (χ2v) is 3.41. The molecule has 0 fully saturated rings. The first-order chi connectivity index (χ1) is 7.29. The molecule has 0 saturated carbocycles. The van der Waals surface area contributed by atoms with Gasteiger partial charge in [0.05, 0.1) is 5.92 Å². The molecule has 0 aliphatic carbocycles. The Morgan fingerprint density at radius 3 is 2.67 bits per heavy atom. The molecular weight excluding hydrogens is 186 g/mol. The van der Waals surface area contributed by atoms with Gasteiger partial charge in [0.15, 0.2) is 0 Å². The zero-order chi connectivity index (χ0) is 11.1. The number of benzene rings is 1. The molecule has 1 rings (SSSR count).